The van der Waals surface area contributed by atoms with Crippen LogP contribution in [0.5, 0.6) is 0 Å². The van der Waals surface area contributed by atoms with Gasteiger partial charge in [0.15, 0.2) is 17.0 Å². The third-order valence-corrected chi connectivity index (χ3v) is 4.91. The number of fused-ring (bicyclic) bond motifs is 1. The van der Waals surface area contributed by atoms with Crippen LogP contribution in [0.4, 0.5) is 16.6 Å². The molecule has 0 atom stereocenters. The van der Waals surface area contributed by atoms with Crippen molar-refractivity contribution in [3.8, 4) is 0 Å². The molecule has 2 rings (SSSR count). The second-order valence-corrected chi connectivity index (χ2v) is 9.67. The molecule has 34 heavy (non-hydrogen) atoms. The van der Waals surface area contributed by atoms with Crippen molar-refractivity contribution in [2.75, 3.05) is 29.9 Å². The lowest BCUT2D eigenvalue weighted by molar-refractivity contribution is -0.143. The number of hydrogen-bond donors (Lipinski definition) is 1. The molecule has 10 heteroatoms. The Labute approximate surface area is 202 Å². The van der Waals surface area contributed by atoms with E-state index in [0.29, 0.717) is 36.0 Å². The number of aromatic nitrogens is 4. The van der Waals surface area contributed by atoms with Crippen LogP contribution in [0.1, 0.15) is 74.1 Å². The van der Waals surface area contributed by atoms with Crippen molar-refractivity contribution in [1.82, 2.24) is 19.5 Å². The number of esters is 1. The van der Waals surface area contributed by atoms with Crippen LogP contribution in [0.3, 0.4) is 0 Å². The van der Waals surface area contributed by atoms with Crippen LogP contribution in [-0.4, -0.2) is 56.9 Å². The second kappa shape index (κ2) is 12.5. The Hall–Kier alpha value is -2.91. The van der Waals surface area contributed by atoms with E-state index in [0.717, 1.165) is 25.7 Å². The van der Waals surface area contributed by atoms with E-state index < -0.39 is 11.7 Å². The highest BCUT2D eigenvalue weighted by Gasteiger charge is 2.27. The van der Waals surface area contributed by atoms with Crippen molar-refractivity contribution in [3.05, 3.63) is 6.33 Å². The van der Waals surface area contributed by atoms with Gasteiger partial charge in [-0.25, -0.2) is 14.7 Å². The standard InChI is InChI=1S/C24H40N6O4/c1-8-10-11-14-30(23(32)34-24(5,6)7)22-27-20(25-13-12-17(3)4)19-21(28-22)29(16-26-19)15-18(31)33-9-2/h16-17H,8-15H2,1-7H3,(H,25,27,28). The summed E-state index contributed by atoms with van der Waals surface area (Å²) in [5.41, 5.74) is 0.331. The number of nitrogens with one attached hydrogen (secondary N) is 1. The molecule has 0 bridgehead atoms. The third kappa shape index (κ3) is 8.14. The molecule has 0 radical (unpaired) electrons. The van der Waals surface area contributed by atoms with E-state index in [4.69, 9.17) is 9.47 Å². The van der Waals surface area contributed by atoms with E-state index in [1.165, 1.54) is 4.90 Å². The Morgan fingerprint density at radius 2 is 1.91 bits per heavy atom. The molecular formula is C24H40N6O4. The van der Waals surface area contributed by atoms with Crippen LogP contribution < -0.4 is 10.2 Å². The number of amides is 1. The molecule has 0 aliphatic heterocycles. The highest BCUT2D eigenvalue weighted by atomic mass is 16.6. The fourth-order valence-electron chi connectivity index (χ4n) is 3.23. The number of rotatable bonds is 12. The van der Waals surface area contributed by atoms with Gasteiger partial charge in [-0.05, 0) is 46.5 Å². The molecule has 2 aromatic rings. The van der Waals surface area contributed by atoms with Gasteiger partial charge < -0.3 is 19.4 Å². The van der Waals surface area contributed by atoms with Gasteiger partial charge in [0.2, 0.25) is 5.95 Å². The van der Waals surface area contributed by atoms with Gasteiger partial charge in [0.05, 0.1) is 12.9 Å². The van der Waals surface area contributed by atoms with Crippen molar-refractivity contribution in [3.63, 3.8) is 0 Å². The lowest BCUT2D eigenvalue weighted by Gasteiger charge is -2.26. The van der Waals surface area contributed by atoms with Gasteiger partial charge in [-0.15, -0.1) is 0 Å². The fraction of sp³-hybridized carbons (Fsp3) is 0.708. The van der Waals surface area contributed by atoms with Gasteiger partial charge in [-0.1, -0.05) is 33.6 Å². The average molecular weight is 477 g/mol. The van der Waals surface area contributed by atoms with E-state index >= 15 is 0 Å². The van der Waals surface area contributed by atoms with E-state index in [1.54, 1.807) is 17.8 Å². The number of anilines is 2. The van der Waals surface area contributed by atoms with Crippen molar-refractivity contribution < 1.29 is 19.1 Å². The molecule has 2 heterocycles. The summed E-state index contributed by atoms with van der Waals surface area (Å²) in [5, 5.41) is 3.34. The van der Waals surface area contributed by atoms with Crippen molar-refractivity contribution >= 4 is 35.0 Å². The Bertz CT molecular complexity index is 951. The molecule has 0 spiro atoms. The van der Waals surface area contributed by atoms with Crippen LogP contribution in [-0.2, 0) is 20.8 Å². The number of hydrogen-bond acceptors (Lipinski definition) is 8. The highest BCUT2D eigenvalue weighted by molar-refractivity contribution is 5.90. The number of imidazole rings is 1. The van der Waals surface area contributed by atoms with Gasteiger partial charge in [-0.2, -0.15) is 9.97 Å². The smallest absolute Gasteiger partial charge is 0.417 e. The maximum atomic E-state index is 13.1. The van der Waals surface area contributed by atoms with Gasteiger partial charge in [0.1, 0.15) is 12.1 Å². The zero-order valence-electron chi connectivity index (χ0n) is 21.7. The van der Waals surface area contributed by atoms with Gasteiger partial charge in [0, 0.05) is 13.1 Å². The van der Waals surface area contributed by atoms with Crippen LogP contribution in [0.15, 0.2) is 6.33 Å². The van der Waals surface area contributed by atoms with Crippen molar-refractivity contribution in [2.24, 2.45) is 5.92 Å². The molecule has 2 aromatic heterocycles. The molecule has 0 aliphatic rings. The average Bonchev–Trinajstić information content (AvgIpc) is 3.12. The summed E-state index contributed by atoms with van der Waals surface area (Å²) in [6.45, 7) is 15.0. The summed E-state index contributed by atoms with van der Waals surface area (Å²) in [7, 11) is 0. The molecule has 0 unspecified atom stereocenters. The molecule has 1 amide bonds. The van der Waals surface area contributed by atoms with Crippen LogP contribution in [0.2, 0.25) is 0 Å². The summed E-state index contributed by atoms with van der Waals surface area (Å²) >= 11 is 0. The number of unbranched alkanes of at least 4 members (excludes halogenated alkanes) is 2. The van der Waals surface area contributed by atoms with Crippen LogP contribution in [0, 0.1) is 5.92 Å². The first-order valence-electron chi connectivity index (χ1n) is 12.2. The molecule has 0 aromatic carbocycles. The first-order chi connectivity index (χ1) is 16.1. The normalized spacial score (nSPS) is 11.6. The maximum Gasteiger partial charge on any atom is 0.417 e. The summed E-state index contributed by atoms with van der Waals surface area (Å²) in [4.78, 5) is 40.5. The summed E-state index contributed by atoms with van der Waals surface area (Å²) in [6.07, 6.45) is 4.74. The summed E-state index contributed by atoms with van der Waals surface area (Å²) < 4.78 is 12.4. The summed E-state index contributed by atoms with van der Waals surface area (Å²) in [5.74, 6) is 0.865. The molecule has 0 fully saturated rings. The predicted octanol–water partition coefficient (Wildman–Crippen LogP) is 4.78. The zero-order valence-corrected chi connectivity index (χ0v) is 21.7. The number of carbonyl (C=O) groups excluding carboxylic acids is 2. The lowest BCUT2D eigenvalue weighted by Crippen LogP contribution is -2.38. The maximum absolute atomic E-state index is 13.1. The van der Waals surface area contributed by atoms with Gasteiger partial charge in [0.25, 0.3) is 0 Å². The molecule has 1 N–H and O–H groups in total. The van der Waals surface area contributed by atoms with Crippen molar-refractivity contribution in [2.45, 2.75) is 86.3 Å². The van der Waals surface area contributed by atoms with E-state index in [9.17, 15) is 9.59 Å². The SMILES string of the molecule is CCCCCN(C(=O)OC(C)(C)C)c1nc(NCCC(C)C)c2ncn(CC(=O)OCC)c2n1. The number of nitrogens with zero attached hydrogens (tertiary/aromatic N) is 5. The quantitative estimate of drug-likeness (QED) is 0.344. The molecular weight excluding hydrogens is 436 g/mol. The number of carbonyl (C=O) groups is 2. The largest absolute Gasteiger partial charge is 0.465 e. The van der Waals surface area contributed by atoms with Crippen LogP contribution >= 0.6 is 0 Å². The van der Waals surface area contributed by atoms with E-state index in [-0.39, 0.29) is 25.1 Å². The lowest BCUT2D eigenvalue weighted by atomic mass is 10.1. The van der Waals surface area contributed by atoms with Crippen molar-refractivity contribution in [1.29, 1.82) is 0 Å². The topological polar surface area (TPSA) is 111 Å². The summed E-state index contributed by atoms with van der Waals surface area (Å²) in [6, 6.07) is 0. The van der Waals surface area contributed by atoms with E-state index in [2.05, 4.69) is 41.0 Å². The molecule has 0 saturated heterocycles. The minimum Gasteiger partial charge on any atom is -0.465 e. The zero-order chi connectivity index (χ0) is 25.3. The van der Waals surface area contributed by atoms with E-state index in [1.807, 2.05) is 20.8 Å². The van der Waals surface area contributed by atoms with Gasteiger partial charge in [-0.3, -0.25) is 4.79 Å². The third-order valence-electron chi connectivity index (χ3n) is 4.91. The van der Waals surface area contributed by atoms with Crippen LogP contribution in [0.25, 0.3) is 11.2 Å². The minimum atomic E-state index is -0.659. The Kier molecular flexibility index (Phi) is 10.1. The van der Waals surface area contributed by atoms with Gasteiger partial charge >= 0.3 is 12.1 Å². The Morgan fingerprint density at radius 3 is 2.53 bits per heavy atom. The second-order valence-electron chi connectivity index (χ2n) is 9.67. The predicted molar refractivity (Wildman–Crippen MR) is 133 cm³/mol. The first-order valence-corrected chi connectivity index (χ1v) is 12.2. The Balaban J connectivity index is 2.51. The molecule has 190 valence electrons. The first kappa shape index (κ1) is 27.3. The minimum absolute atomic E-state index is 0.0332. The fourth-order valence-corrected chi connectivity index (χ4v) is 3.23. The molecule has 10 nitrogen and oxygen atoms in total. The monoisotopic (exact) mass is 476 g/mol. The molecule has 0 aliphatic carbocycles. The Morgan fingerprint density at radius 1 is 1.18 bits per heavy atom. The highest BCUT2D eigenvalue weighted by Crippen LogP contribution is 2.25. The number of ether oxygens (including phenoxy) is 2. The molecule has 0 saturated carbocycles.